The summed E-state index contributed by atoms with van der Waals surface area (Å²) in [5.74, 6) is 0. The van der Waals surface area contributed by atoms with Gasteiger partial charge in [0.25, 0.3) is 0 Å². The zero-order valence-electron chi connectivity index (χ0n) is 10.5. The van der Waals surface area contributed by atoms with Crippen LogP contribution in [0.25, 0.3) is 0 Å². The fourth-order valence-corrected chi connectivity index (χ4v) is 1.80. The summed E-state index contributed by atoms with van der Waals surface area (Å²) in [6.45, 7) is 6.20. The van der Waals surface area contributed by atoms with E-state index in [0.717, 1.165) is 25.9 Å². The van der Waals surface area contributed by atoms with Crippen LogP contribution < -0.4 is 11.1 Å². The predicted octanol–water partition coefficient (Wildman–Crippen LogP) is 2.25. The molecule has 1 rings (SSSR count). The molecule has 0 spiro atoms. The smallest absolute Gasteiger partial charge is 0.00419 e. The zero-order valence-corrected chi connectivity index (χ0v) is 10.5. The molecule has 0 aromatic heterocycles. The van der Waals surface area contributed by atoms with E-state index in [0.29, 0.717) is 6.04 Å². The predicted molar refractivity (Wildman–Crippen MR) is 70.6 cm³/mol. The maximum Gasteiger partial charge on any atom is 0.00419 e. The van der Waals surface area contributed by atoms with Gasteiger partial charge >= 0.3 is 0 Å². The van der Waals surface area contributed by atoms with Gasteiger partial charge in [-0.1, -0.05) is 29.8 Å². The van der Waals surface area contributed by atoms with Crippen LogP contribution in [0.5, 0.6) is 0 Å². The van der Waals surface area contributed by atoms with Gasteiger partial charge in [0, 0.05) is 6.04 Å². The Morgan fingerprint density at radius 1 is 1.38 bits per heavy atom. The lowest BCUT2D eigenvalue weighted by Crippen LogP contribution is -2.28. The third-order valence-corrected chi connectivity index (χ3v) is 2.82. The third kappa shape index (κ3) is 5.29. The summed E-state index contributed by atoms with van der Waals surface area (Å²) in [6, 6.07) is 9.34. The standard InChI is InChI=1S/C14H24N2/c1-12-5-3-6-14(11-12)8-7-13(2)16-10-4-9-15/h3,5-6,11,13,16H,4,7-10,15H2,1-2H3. The zero-order chi connectivity index (χ0) is 11.8. The lowest BCUT2D eigenvalue weighted by molar-refractivity contribution is 0.509. The van der Waals surface area contributed by atoms with E-state index in [4.69, 9.17) is 5.73 Å². The molecule has 1 unspecified atom stereocenters. The molecule has 2 nitrogen and oxygen atoms in total. The van der Waals surface area contributed by atoms with E-state index in [1.54, 1.807) is 0 Å². The molecule has 16 heavy (non-hydrogen) atoms. The van der Waals surface area contributed by atoms with Gasteiger partial charge in [-0.25, -0.2) is 0 Å². The van der Waals surface area contributed by atoms with Crippen molar-refractivity contribution in [2.45, 2.75) is 39.2 Å². The first-order valence-corrected chi connectivity index (χ1v) is 6.21. The van der Waals surface area contributed by atoms with Crippen LogP contribution >= 0.6 is 0 Å². The van der Waals surface area contributed by atoms with Gasteiger partial charge in [0.05, 0.1) is 0 Å². The van der Waals surface area contributed by atoms with E-state index < -0.39 is 0 Å². The second-order valence-electron chi connectivity index (χ2n) is 4.53. The number of rotatable bonds is 7. The minimum Gasteiger partial charge on any atom is -0.330 e. The maximum atomic E-state index is 5.46. The summed E-state index contributed by atoms with van der Waals surface area (Å²) < 4.78 is 0. The topological polar surface area (TPSA) is 38.0 Å². The number of nitrogens with one attached hydrogen (secondary N) is 1. The Bertz CT molecular complexity index is 297. The highest BCUT2D eigenvalue weighted by molar-refractivity contribution is 5.22. The summed E-state index contributed by atoms with van der Waals surface area (Å²) in [6.07, 6.45) is 3.40. The SMILES string of the molecule is Cc1cccc(CCC(C)NCCCN)c1. The molecule has 1 aromatic carbocycles. The van der Waals surface area contributed by atoms with Crippen molar-refractivity contribution in [3.63, 3.8) is 0 Å². The van der Waals surface area contributed by atoms with Gasteiger partial charge in [-0.3, -0.25) is 0 Å². The molecule has 3 N–H and O–H groups in total. The number of benzene rings is 1. The van der Waals surface area contributed by atoms with E-state index in [-0.39, 0.29) is 0 Å². The number of hydrogen-bond donors (Lipinski definition) is 2. The van der Waals surface area contributed by atoms with E-state index >= 15 is 0 Å². The third-order valence-electron chi connectivity index (χ3n) is 2.82. The summed E-state index contributed by atoms with van der Waals surface area (Å²) in [5.41, 5.74) is 8.24. The Kier molecular flexibility index (Phi) is 6.12. The number of hydrogen-bond acceptors (Lipinski definition) is 2. The first-order chi connectivity index (χ1) is 7.72. The molecule has 0 aliphatic heterocycles. The van der Waals surface area contributed by atoms with Gasteiger partial charge in [0.15, 0.2) is 0 Å². The number of nitrogens with two attached hydrogens (primary N) is 1. The second-order valence-corrected chi connectivity index (χ2v) is 4.53. The molecular formula is C14H24N2. The fourth-order valence-electron chi connectivity index (χ4n) is 1.80. The van der Waals surface area contributed by atoms with Crippen molar-refractivity contribution < 1.29 is 0 Å². The summed E-state index contributed by atoms with van der Waals surface area (Å²) in [5, 5.41) is 3.49. The van der Waals surface area contributed by atoms with Crippen LogP contribution in [0.3, 0.4) is 0 Å². The van der Waals surface area contributed by atoms with Crippen molar-refractivity contribution in [1.29, 1.82) is 0 Å². The minimum absolute atomic E-state index is 0.576. The second kappa shape index (κ2) is 7.42. The first-order valence-electron chi connectivity index (χ1n) is 6.21. The van der Waals surface area contributed by atoms with Crippen molar-refractivity contribution >= 4 is 0 Å². The van der Waals surface area contributed by atoms with Gasteiger partial charge in [-0.2, -0.15) is 0 Å². The quantitative estimate of drug-likeness (QED) is 0.692. The largest absolute Gasteiger partial charge is 0.330 e. The van der Waals surface area contributed by atoms with E-state index in [1.165, 1.54) is 17.5 Å². The average molecular weight is 220 g/mol. The molecule has 0 heterocycles. The minimum atomic E-state index is 0.576. The van der Waals surface area contributed by atoms with Crippen LogP contribution in [0.1, 0.15) is 30.9 Å². The van der Waals surface area contributed by atoms with Gasteiger partial charge in [-0.15, -0.1) is 0 Å². The lowest BCUT2D eigenvalue weighted by atomic mass is 10.0. The first kappa shape index (κ1) is 13.2. The van der Waals surface area contributed by atoms with Crippen molar-refractivity contribution in [3.8, 4) is 0 Å². The summed E-state index contributed by atoms with van der Waals surface area (Å²) in [7, 11) is 0. The summed E-state index contributed by atoms with van der Waals surface area (Å²) >= 11 is 0. The Labute approximate surface area is 99.2 Å². The van der Waals surface area contributed by atoms with Crippen molar-refractivity contribution in [3.05, 3.63) is 35.4 Å². The van der Waals surface area contributed by atoms with E-state index in [9.17, 15) is 0 Å². The monoisotopic (exact) mass is 220 g/mol. The van der Waals surface area contributed by atoms with Crippen molar-refractivity contribution in [2.75, 3.05) is 13.1 Å². The highest BCUT2D eigenvalue weighted by atomic mass is 14.9. The van der Waals surface area contributed by atoms with Crippen molar-refractivity contribution in [1.82, 2.24) is 5.32 Å². The van der Waals surface area contributed by atoms with Crippen LogP contribution in [0.4, 0.5) is 0 Å². The van der Waals surface area contributed by atoms with Crippen LogP contribution in [-0.2, 0) is 6.42 Å². The molecular weight excluding hydrogens is 196 g/mol. The molecule has 1 aromatic rings. The molecule has 0 saturated carbocycles. The molecule has 0 aliphatic rings. The molecule has 0 radical (unpaired) electrons. The summed E-state index contributed by atoms with van der Waals surface area (Å²) in [4.78, 5) is 0. The Morgan fingerprint density at radius 2 is 2.19 bits per heavy atom. The van der Waals surface area contributed by atoms with Crippen LogP contribution in [0.15, 0.2) is 24.3 Å². The Morgan fingerprint density at radius 3 is 2.88 bits per heavy atom. The molecule has 0 bridgehead atoms. The van der Waals surface area contributed by atoms with Crippen LogP contribution in [0.2, 0.25) is 0 Å². The fraction of sp³-hybridized carbons (Fsp3) is 0.571. The molecule has 1 atom stereocenters. The lowest BCUT2D eigenvalue weighted by Gasteiger charge is -2.13. The molecule has 0 saturated heterocycles. The van der Waals surface area contributed by atoms with Gasteiger partial charge in [-0.05, 0) is 51.8 Å². The normalized spacial score (nSPS) is 12.7. The molecule has 0 aliphatic carbocycles. The van der Waals surface area contributed by atoms with E-state index in [1.807, 2.05) is 0 Å². The average Bonchev–Trinajstić information content (AvgIpc) is 2.27. The van der Waals surface area contributed by atoms with E-state index in [2.05, 4.69) is 43.4 Å². The molecule has 0 amide bonds. The van der Waals surface area contributed by atoms with Crippen LogP contribution in [-0.4, -0.2) is 19.1 Å². The Hall–Kier alpha value is -0.860. The van der Waals surface area contributed by atoms with Crippen LogP contribution in [0, 0.1) is 6.92 Å². The maximum absolute atomic E-state index is 5.46. The Balaban J connectivity index is 2.23. The van der Waals surface area contributed by atoms with Gasteiger partial charge in [0.2, 0.25) is 0 Å². The molecule has 0 fully saturated rings. The highest BCUT2D eigenvalue weighted by Gasteiger charge is 2.01. The number of aryl methyl sites for hydroxylation is 2. The molecule has 2 heteroatoms. The van der Waals surface area contributed by atoms with Crippen molar-refractivity contribution in [2.24, 2.45) is 5.73 Å². The van der Waals surface area contributed by atoms with Gasteiger partial charge in [0.1, 0.15) is 0 Å². The highest BCUT2D eigenvalue weighted by Crippen LogP contribution is 2.07. The van der Waals surface area contributed by atoms with Gasteiger partial charge < -0.3 is 11.1 Å². The molecule has 90 valence electrons.